The molecule has 1 saturated heterocycles. The van der Waals surface area contributed by atoms with E-state index in [9.17, 15) is 14.4 Å². The van der Waals surface area contributed by atoms with Crippen molar-refractivity contribution in [2.45, 2.75) is 12.8 Å². The summed E-state index contributed by atoms with van der Waals surface area (Å²) in [5.41, 5.74) is 0.293. The van der Waals surface area contributed by atoms with Crippen molar-refractivity contribution in [3.8, 4) is 0 Å². The molecule has 0 saturated carbocycles. The van der Waals surface area contributed by atoms with E-state index >= 15 is 0 Å². The molecule has 0 aliphatic carbocycles. The van der Waals surface area contributed by atoms with E-state index in [2.05, 4.69) is 4.98 Å². The first kappa shape index (κ1) is 17.2. The lowest BCUT2D eigenvalue weighted by Gasteiger charge is -2.31. The van der Waals surface area contributed by atoms with E-state index < -0.39 is 11.9 Å². The second-order valence-corrected chi connectivity index (χ2v) is 5.92. The molecule has 0 atom stereocenters. The predicted octanol–water partition coefficient (Wildman–Crippen LogP) is 1.13. The number of carboxylic acids is 1. The summed E-state index contributed by atoms with van der Waals surface area (Å²) in [7, 11) is 1.53. The number of hydrogen-bond acceptors (Lipinski definition) is 4. The minimum Gasteiger partial charge on any atom is -0.481 e. The normalized spacial score (nSPS) is 15.3. The number of rotatable bonds is 4. The van der Waals surface area contributed by atoms with Crippen molar-refractivity contribution in [1.82, 2.24) is 14.8 Å². The Bertz CT molecular complexity index is 614. The average Bonchev–Trinajstić information content (AvgIpc) is 2.54. The van der Waals surface area contributed by atoms with Gasteiger partial charge in [-0.15, -0.1) is 0 Å². The summed E-state index contributed by atoms with van der Waals surface area (Å²) < 4.78 is 0. The Morgan fingerprint density at radius 3 is 2.61 bits per heavy atom. The molecule has 0 bridgehead atoms. The van der Waals surface area contributed by atoms with E-state index in [-0.39, 0.29) is 23.4 Å². The van der Waals surface area contributed by atoms with Gasteiger partial charge in [0.1, 0.15) is 0 Å². The maximum Gasteiger partial charge on any atom is 0.306 e. The summed E-state index contributed by atoms with van der Waals surface area (Å²) >= 11 is 5.93. The smallest absolute Gasteiger partial charge is 0.306 e. The predicted molar refractivity (Wildman–Crippen MR) is 83.1 cm³/mol. The number of hydrogen-bond donors (Lipinski definition) is 1. The van der Waals surface area contributed by atoms with Crippen LogP contribution in [0, 0.1) is 5.92 Å². The second kappa shape index (κ2) is 7.41. The third-order valence-electron chi connectivity index (χ3n) is 3.92. The van der Waals surface area contributed by atoms with E-state index in [1.807, 2.05) is 0 Å². The van der Waals surface area contributed by atoms with Crippen molar-refractivity contribution in [2.75, 3.05) is 26.7 Å². The molecule has 0 radical (unpaired) electrons. The molecule has 1 aromatic heterocycles. The van der Waals surface area contributed by atoms with Gasteiger partial charge in [0.25, 0.3) is 5.91 Å². The van der Waals surface area contributed by atoms with Gasteiger partial charge in [-0.1, -0.05) is 11.6 Å². The zero-order valence-corrected chi connectivity index (χ0v) is 13.5. The first-order valence-electron chi connectivity index (χ1n) is 7.25. The number of carbonyl (C=O) groups excluding carboxylic acids is 2. The molecule has 1 aliphatic rings. The number of pyridine rings is 1. The number of carbonyl (C=O) groups is 3. The number of halogens is 1. The molecule has 1 fully saturated rings. The van der Waals surface area contributed by atoms with Gasteiger partial charge in [0, 0.05) is 32.5 Å². The summed E-state index contributed by atoms with van der Waals surface area (Å²) in [6.45, 7) is 0.719. The van der Waals surface area contributed by atoms with E-state index in [1.54, 1.807) is 4.90 Å². The molecule has 0 spiro atoms. The topological polar surface area (TPSA) is 90.8 Å². The fourth-order valence-corrected chi connectivity index (χ4v) is 2.70. The van der Waals surface area contributed by atoms with Gasteiger partial charge < -0.3 is 14.9 Å². The number of likely N-dealkylation sites (tertiary alicyclic amines) is 1. The largest absolute Gasteiger partial charge is 0.481 e. The highest BCUT2D eigenvalue weighted by molar-refractivity contribution is 6.33. The Labute approximate surface area is 138 Å². The summed E-state index contributed by atoms with van der Waals surface area (Å²) in [5, 5.41) is 9.19. The summed E-state index contributed by atoms with van der Waals surface area (Å²) in [6, 6.07) is 1.50. The maximum absolute atomic E-state index is 12.3. The minimum absolute atomic E-state index is 0.0742. The number of aliphatic carboxylic acids is 1. The molecule has 0 aromatic carbocycles. The quantitative estimate of drug-likeness (QED) is 0.888. The van der Waals surface area contributed by atoms with Gasteiger partial charge >= 0.3 is 5.97 Å². The van der Waals surface area contributed by atoms with Crippen molar-refractivity contribution in [3.05, 3.63) is 29.0 Å². The van der Waals surface area contributed by atoms with Gasteiger partial charge in [0.15, 0.2) is 0 Å². The number of nitrogens with zero attached hydrogens (tertiary/aromatic N) is 3. The van der Waals surface area contributed by atoms with Crippen LogP contribution in [-0.2, 0) is 9.59 Å². The molecule has 1 N–H and O–H groups in total. The lowest BCUT2D eigenvalue weighted by molar-refractivity contribution is -0.145. The van der Waals surface area contributed by atoms with E-state index in [4.69, 9.17) is 16.7 Å². The Hall–Kier alpha value is -2.15. The summed E-state index contributed by atoms with van der Waals surface area (Å²) in [6.07, 6.45) is 3.72. The van der Waals surface area contributed by atoms with Crippen LogP contribution in [0.4, 0.5) is 0 Å². The van der Waals surface area contributed by atoms with Crippen LogP contribution in [0.1, 0.15) is 23.2 Å². The number of piperidine rings is 1. The van der Waals surface area contributed by atoms with Crippen LogP contribution in [0.5, 0.6) is 0 Å². The average molecular weight is 340 g/mol. The van der Waals surface area contributed by atoms with Crippen LogP contribution in [0.15, 0.2) is 18.5 Å². The van der Waals surface area contributed by atoms with Crippen molar-refractivity contribution < 1.29 is 19.5 Å². The monoisotopic (exact) mass is 339 g/mol. The number of aromatic nitrogens is 1. The van der Waals surface area contributed by atoms with Gasteiger partial charge in [-0.2, -0.15) is 0 Å². The van der Waals surface area contributed by atoms with Crippen LogP contribution in [0.2, 0.25) is 5.02 Å². The fraction of sp³-hybridized carbons (Fsp3) is 0.467. The number of carboxylic acid groups (broad SMARTS) is 1. The lowest BCUT2D eigenvalue weighted by Crippen LogP contribution is -2.45. The third kappa shape index (κ3) is 4.19. The summed E-state index contributed by atoms with van der Waals surface area (Å²) in [4.78, 5) is 42.2. The van der Waals surface area contributed by atoms with Gasteiger partial charge in [0.2, 0.25) is 5.91 Å². The van der Waals surface area contributed by atoms with Crippen molar-refractivity contribution in [3.63, 3.8) is 0 Å². The molecule has 0 unspecified atom stereocenters. The molecule has 7 nitrogen and oxygen atoms in total. The molecule has 23 heavy (non-hydrogen) atoms. The maximum atomic E-state index is 12.3. The van der Waals surface area contributed by atoms with Gasteiger partial charge in [-0.25, -0.2) is 0 Å². The Kier molecular flexibility index (Phi) is 5.54. The van der Waals surface area contributed by atoms with Crippen LogP contribution >= 0.6 is 11.6 Å². The van der Waals surface area contributed by atoms with E-state index in [0.29, 0.717) is 31.5 Å². The Balaban J connectivity index is 1.91. The molecule has 1 aromatic rings. The lowest BCUT2D eigenvalue weighted by atomic mass is 9.97. The Morgan fingerprint density at radius 1 is 1.39 bits per heavy atom. The highest BCUT2D eigenvalue weighted by Gasteiger charge is 2.28. The first-order chi connectivity index (χ1) is 10.9. The van der Waals surface area contributed by atoms with Crippen LogP contribution in [0.25, 0.3) is 0 Å². The van der Waals surface area contributed by atoms with Crippen molar-refractivity contribution in [2.24, 2.45) is 5.92 Å². The van der Waals surface area contributed by atoms with Crippen molar-refractivity contribution in [1.29, 1.82) is 0 Å². The molecule has 1 aliphatic heterocycles. The number of likely N-dealkylation sites (N-methyl/N-ethyl adjacent to an activating group) is 1. The molecule has 124 valence electrons. The van der Waals surface area contributed by atoms with Gasteiger partial charge in [-0.3, -0.25) is 19.4 Å². The zero-order chi connectivity index (χ0) is 17.0. The third-order valence-corrected chi connectivity index (χ3v) is 4.22. The molecule has 2 heterocycles. The first-order valence-corrected chi connectivity index (χ1v) is 7.63. The van der Waals surface area contributed by atoms with Crippen molar-refractivity contribution >= 4 is 29.4 Å². The molecule has 8 heteroatoms. The molecular formula is C15H18ClN3O4. The van der Waals surface area contributed by atoms with Crippen LogP contribution in [0.3, 0.4) is 0 Å². The second-order valence-electron chi connectivity index (χ2n) is 5.51. The van der Waals surface area contributed by atoms with E-state index in [0.717, 1.165) is 0 Å². The number of amides is 2. The van der Waals surface area contributed by atoms with Crippen LogP contribution in [-0.4, -0.2) is 64.4 Å². The zero-order valence-electron chi connectivity index (χ0n) is 12.7. The molecule has 2 rings (SSSR count). The Morgan fingerprint density at radius 2 is 2.04 bits per heavy atom. The van der Waals surface area contributed by atoms with E-state index in [1.165, 1.54) is 30.4 Å². The highest BCUT2D eigenvalue weighted by atomic mass is 35.5. The summed E-state index contributed by atoms with van der Waals surface area (Å²) in [5.74, 6) is -1.77. The fourth-order valence-electron chi connectivity index (χ4n) is 2.50. The van der Waals surface area contributed by atoms with Gasteiger partial charge in [-0.05, 0) is 18.9 Å². The van der Waals surface area contributed by atoms with Gasteiger partial charge in [0.05, 0.1) is 23.0 Å². The molecular weight excluding hydrogens is 322 g/mol. The SMILES string of the molecule is CN(CC(=O)N1CCC(C(=O)O)CC1)C(=O)c1ccncc1Cl. The highest BCUT2D eigenvalue weighted by Crippen LogP contribution is 2.18. The molecule has 2 amide bonds. The standard InChI is InChI=1S/C15H18ClN3O4/c1-18(14(21)11-2-5-17-8-12(11)16)9-13(20)19-6-3-10(4-7-19)15(22)23/h2,5,8,10H,3-4,6-7,9H2,1H3,(H,22,23). The minimum atomic E-state index is -0.822. The van der Waals surface area contributed by atoms with Crippen LogP contribution < -0.4 is 0 Å².